The summed E-state index contributed by atoms with van der Waals surface area (Å²) in [4.78, 5) is 16.3. The van der Waals surface area contributed by atoms with Gasteiger partial charge in [-0.3, -0.25) is 19.9 Å². The predicted molar refractivity (Wildman–Crippen MR) is 430 cm³/mol. The smallest absolute Gasteiger partial charge is 0.0404 e. The second kappa shape index (κ2) is 30.9. The van der Waals surface area contributed by atoms with Crippen LogP contribution in [-0.4, -0.2) is 19.9 Å². The van der Waals surface area contributed by atoms with E-state index in [9.17, 15) is 0 Å². The van der Waals surface area contributed by atoms with Crippen LogP contribution in [0.3, 0.4) is 0 Å². The average Bonchev–Trinajstić information content (AvgIpc) is 1.52. The van der Waals surface area contributed by atoms with Crippen LogP contribution < -0.4 is 0 Å². The molecule has 16 saturated carbocycles. The molecule has 3 aromatic carbocycles. The number of hydrogen-bond acceptors (Lipinski definition) is 4. The minimum atomic E-state index is 0.581. The molecule has 16 bridgehead atoms. The fraction of sp³-hybridized carbons (Fsp3) is 0.616. The number of pyridine rings is 4. The second-order valence-corrected chi connectivity index (χ2v) is 38.0. The maximum atomic E-state index is 4.14. The van der Waals surface area contributed by atoms with E-state index in [1.54, 1.807) is 114 Å². The molecule has 6 atom stereocenters. The minimum Gasteiger partial charge on any atom is -0.264 e. The van der Waals surface area contributed by atoms with Crippen LogP contribution in [0.5, 0.6) is 0 Å². The highest BCUT2D eigenvalue weighted by Crippen LogP contribution is 2.65. The third-order valence-corrected chi connectivity index (χ3v) is 32.1. The van der Waals surface area contributed by atoms with E-state index in [0.29, 0.717) is 10.8 Å². The Labute approximate surface area is 625 Å². The quantitative estimate of drug-likeness (QED) is 0.166. The van der Waals surface area contributed by atoms with Crippen LogP contribution in [0.15, 0.2) is 116 Å². The van der Waals surface area contributed by atoms with Gasteiger partial charge in [-0.05, 0) is 488 Å². The van der Waals surface area contributed by atoms with Crippen LogP contribution in [0.1, 0.15) is 310 Å². The first-order chi connectivity index (χ1) is 49.7. The highest BCUT2D eigenvalue weighted by Gasteiger charge is 2.53. The first-order valence-corrected chi connectivity index (χ1v) is 42.6. The number of nitrogens with zero attached hydrogens (tertiary/aromatic N) is 4. The lowest BCUT2D eigenvalue weighted by atomic mass is 9.49. The molecule has 23 rings (SSSR count). The van der Waals surface area contributed by atoms with Crippen molar-refractivity contribution in [2.24, 2.45) is 82.9 Å². The summed E-state index contributed by atoms with van der Waals surface area (Å²) in [6.07, 6.45) is 51.8. The zero-order valence-corrected chi connectivity index (χ0v) is 66.4. The highest BCUT2D eigenvalue weighted by atomic mass is 14.7. The largest absolute Gasteiger partial charge is 0.264 e. The molecule has 16 aliphatic rings. The number of aromatic nitrogens is 4. The fourth-order valence-corrected chi connectivity index (χ4v) is 26.6. The first-order valence-electron chi connectivity index (χ1n) is 42.6. The molecule has 0 aliphatic heterocycles. The molecule has 0 radical (unpaired) electrons. The van der Waals surface area contributed by atoms with Crippen LogP contribution >= 0.6 is 0 Å². The maximum Gasteiger partial charge on any atom is 0.0404 e. The van der Waals surface area contributed by atoms with Gasteiger partial charge < -0.3 is 0 Å². The zero-order valence-electron chi connectivity index (χ0n) is 66.4. The minimum absolute atomic E-state index is 0.581. The van der Waals surface area contributed by atoms with Gasteiger partial charge in [0, 0.05) is 48.1 Å². The molecule has 4 heterocycles. The van der Waals surface area contributed by atoms with Gasteiger partial charge >= 0.3 is 0 Å². The van der Waals surface area contributed by atoms with Gasteiger partial charge in [0.1, 0.15) is 0 Å². The molecule has 0 spiro atoms. The van der Waals surface area contributed by atoms with Gasteiger partial charge in [-0.25, -0.2) is 0 Å². The summed E-state index contributed by atoms with van der Waals surface area (Å²) in [7, 11) is 0. The summed E-state index contributed by atoms with van der Waals surface area (Å²) in [6.45, 7) is 28.0. The Bertz CT molecular complexity index is 3760. The molecule has 4 nitrogen and oxygen atoms in total. The Kier molecular flexibility index (Phi) is 21.8. The second-order valence-electron chi connectivity index (χ2n) is 38.0. The summed E-state index contributed by atoms with van der Waals surface area (Å²) < 4.78 is 0. The molecule has 103 heavy (non-hydrogen) atoms. The number of rotatable bonds is 6. The molecule has 4 heteroatoms. The van der Waals surface area contributed by atoms with E-state index >= 15 is 0 Å². The van der Waals surface area contributed by atoms with Crippen molar-refractivity contribution < 1.29 is 0 Å². The lowest BCUT2D eigenvalue weighted by Crippen LogP contribution is -2.45. The molecule has 4 aromatic heterocycles. The van der Waals surface area contributed by atoms with Crippen molar-refractivity contribution in [1.29, 1.82) is 0 Å². The summed E-state index contributed by atoms with van der Waals surface area (Å²) in [5, 5.41) is 0. The van der Waals surface area contributed by atoms with E-state index < -0.39 is 0 Å². The van der Waals surface area contributed by atoms with Crippen molar-refractivity contribution in [1.82, 2.24) is 19.9 Å². The van der Waals surface area contributed by atoms with Crippen molar-refractivity contribution >= 4 is 0 Å². The molecule has 16 fully saturated rings. The standard InChI is InChI=1S/C27H36.2C21H28.2C8H11N.2C7H9N/c1-15-24(26-20-7-16-5-17(9-20)10-21(26)8-16)3-2-4-25(15)27-22-11-18-6-19(13-22)14-23(27)12-18;1-15-18(20-9-5-16(13-20)6-10-20)3-2-4-19(15)21-11-7-17(14-21)8-12-21;1-13-18(20-11-14-5-7-16(20)9-14)3-2-4-19(13)21-12-15-6-8-17(21)10-15;1-6-4-8(3)9-5-7(6)2;1-6-4-5-9-8(3)7(6)2;1-6-3-4-8-5-7(6)2;1-6-4-3-5-8-7(6)2/h2-4,16-23,26-27H,5-14H2,1H3;2-4,16-17H,5-14H2,1H3;2-4,14-17,20-21H,5-12H2,1H3;2*4-5H,1-3H3;2*3-5H,1-2H3. The predicted octanol–water partition coefficient (Wildman–Crippen LogP) is 25.9. The van der Waals surface area contributed by atoms with E-state index in [4.69, 9.17) is 0 Å². The topological polar surface area (TPSA) is 51.6 Å². The van der Waals surface area contributed by atoms with Gasteiger partial charge in [0.05, 0.1) is 0 Å². The normalized spacial score (nSPS) is 34.6. The van der Waals surface area contributed by atoms with Crippen LogP contribution in [0.2, 0.25) is 0 Å². The summed E-state index contributed by atoms with van der Waals surface area (Å²) in [5.41, 5.74) is 29.3. The zero-order chi connectivity index (χ0) is 71.4. The van der Waals surface area contributed by atoms with Gasteiger partial charge in [0.25, 0.3) is 0 Å². The van der Waals surface area contributed by atoms with Gasteiger partial charge in [-0.2, -0.15) is 0 Å². The van der Waals surface area contributed by atoms with Crippen molar-refractivity contribution in [3.05, 3.63) is 222 Å². The average molecular weight is 1380 g/mol. The van der Waals surface area contributed by atoms with E-state index in [1.165, 1.54) is 155 Å². The van der Waals surface area contributed by atoms with Gasteiger partial charge in [-0.1, -0.05) is 73.5 Å². The van der Waals surface area contributed by atoms with Gasteiger partial charge in [0.2, 0.25) is 0 Å². The van der Waals surface area contributed by atoms with Crippen molar-refractivity contribution in [2.45, 2.75) is 304 Å². The molecule has 0 amide bonds. The first kappa shape index (κ1) is 72.8. The molecule has 0 N–H and O–H groups in total. The SMILES string of the molecule is Cc1c(C23CCC(CC2)C3)cccc1C12CCC(CC1)C2.Cc1c(C2C3CC4CC(C3)CC2C4)cccc1C1C2CC3CC(C2)CC1C3.Cc1c(C2CC3CCC2C3)cccc1C1CC2CCC1C2.Cc1cc(C)c(C)cn1.Cc1cccnc1C.Cc1ccnc(C)c1C.Cc1ccncc1C. The summed E-state index contributed by atoms with van der Waals surface area (Å²) in [6, 6.07) is 32.4. The summed E-state index contributed by atoms with van der Waals surface area (Å²) >= 11 is 0. The molecule has 548 valence electrons. The highest BCUT2D eigenvalue weighted by molar-refractivity contribution is 5.47. The van der Waals surface area contributed by atoms with E-state index in [1.807, 2.05) is 70.0 Å². The summed E-state index contributed by atoms with van der Waals surface area (Å²) in [5.74, 6) is 18.4. The molecule has 0 saturated heterocycles. The van der Waals surface area contributed by atoms with E-state index in [-0.39, 0.29) is 0 Å². The Morgan fingerprint density at radius 1 is 0.291 bits per heavy atom. The van der Waals surface area contributed by atoms with Gasteiger partial charge in [-0.15, -0.1) is 0 Å². The third-order valence-electron chi connectivity index (χ3n) is 32.1. The molecular formula is C99H132N4. The van der Waals surface area contributed by atoms with Gasteiger partial charge in [0.15, 0.2) is 0 Å². The van der Waals surface area contributed by atoms with Crippen LogP contribution in [0.25, 0.3) is 0 Å². The molecular weight excluding hydrogens is 1250 g/mol. The van der Waals surface area contributed by atoms with E-state index in [2.05, 4.69) is 156 Å². The number of hydrogen-bond donors (Lipinski definition) is 0. The van der Waals surface area contributed by atoms with Crippen molar-refractivity contribution in [3.8, 4) is 0 Å². The number of fused-ring (bicyclic) bond motifs is 8. The van der Waals surface area contributed by atoms with Crippen molar-refractivity contribution in [3.63, 3.8) is 0 Å². The Morgan fingerprint density at radius 3 is 1.09 bits per heavy atom. The van der Waals surface area contributed by atoms with E-state index in [0.717, 1.165) is 124 Å². The van der Waals surface area contributed by atoms with Crippen molar-refractivity contribution in [2.75, 3.05) is 0 Å². The number of benzene rings is 3. The Balaban J connectivity index is 0.000000103. The number of aryl methyl sites for hydroxylation is 9. The Hall–Kier alpha value is -5.74. The van der Waals surface area contributed by atoms with Crippen LogP contribution in [0, 0.1) is 173 Å². The Morgan fingerprint density at radius 2 is 0.728 bits per heavy atom. The maximum absolute atomic E-state index is 4.14. The van der Waals surface area contributed by atoms with Crippen LogP contribution in [0.4, 0.5) is 0 Å². The fourth-order valence-electron chi connectivity index (χ4n) is 26.6. The molecule has 6 unspecified atom stereocenters. The monoisotopic (exact) mass is 1380 g/mol. The lowest BCUT2D eigenvalue weighted by Gasteiger charge is -2.56. The molecule has 7 aromatic rings. The third kappa shape index (κ3) is 15.2. The van der Waals surface area contributed by atoms with Crippen LogP contribution in [-0.2, 0) is 10.8 Å². The lowest BCUT2D eigenvalue weighted by molar-refractivity contribution is -0.00538. The molecule has 16 aliphatic carbocycles.